The maximum atomic E-state index is 7.57. The molecule has 0 aliphatic rings. The van der Waals surface area contributed by atoms with E-state index in [0.717, 1.165) is 10.9 Å². The summed E-state index contributed by atoms with van der Waals surface area (Å²) in [7, 11) is 0. The summed E-state index contributed by atoms with van der Waals surface area (Å²) in [5, 5.41) is 0. The zero-order valence-electron chi connectivity index (χ0n) is 11.4. The van der Waals surface area contributed by atoms with E-state index in [1.165, 1.54) is 6.20 Å². The Balaban J connectivity index is 3.21. The van der Waals surface area contributed by atoms with Crippen LogP contribution in [-0.2, 0) is 6.50 Å². The van der Waals surface area contributed by atoms with Gasteiger partial charge in [0.1, 0.15) is 4.60 Å². The summed E-state index contributed by atoms with van der Waals surface area (Å²) in [6.07, 6.45) is -0.794. The molecule has 1 rings (SSSR count). The highest BCUT2D eigenvalue weighted by atomic mass is 79.9. The van der Waals surface area contributed by atoms with Gasteiger partial charge >= 0.3 is 0 Å². The number of nitrogens with zero attached hydrogens (tertiary/aromatic N) is 2. The summed E-state index contributed by atoms with van der Waals surface area (Å²) in [6.45, 7) is -5.77. The van der Waals surface area contributed by atoms with Crippen molar-refractivity contribution in [1.29, 1.82) is 0 Å². The summed E-state index contributed by atoms with van der Waals surface area (Å²) >= 11 is 2.98. The van der Waals surface area contributed by atoms with Crippen molar-refractivity contribution in [1.82, 2.24) is 9.55 Å². The van der Waals surface area contributed by atoms with E-state index in [9.17, 15) is 0 Å². The SMILES string of the molecule is [2H]C([2H])([2H])C([2H])([2H])C([2H])([2H])n1cnc(Br)c1. The van der Waals surface area contributed by atoms with Crippen LogP contribution in [0.25, 0.3) is 0 Å². The third-order valence-corrected chi connectivity index (χ3v) is 1.15. The Morgan fingerprint density at radius 1 is 2.11 bits per heavy atom. The molecule has 0 aliphatic carbocycles. The topological polar surface area (TPSA) is 17.8 Å². The molecule has 0 saturated heterocycles. The van der Waals surface area contributed by atoms with Crippen LogP contribution in [0, 0.1) is 0 Å². The predicted octanol–water partition coefficient (Wildman–Crippen LogP) is 2.06. The normalized spacial score (nSPS) is 26.1. The van der Waals surface area contributed by atoms with Crippen molar-refractivity contribution in [2.75, 3.05) is 0 Å². The van der Waals surface area contributed by atoms with Gasteiger partial charge in [-0.25, -0.2) is 4.98 Å². The average Bonchev–Trinajstić information content (AvgIpc) is 2.49. The highest BCUT2D eigenvalue weighted by molar-refractivity contribution is 9.10. The Hall–Kier alpha value is -0.310. The van der Waals surface area contributed by atoms with Crippen LogP contribution < -0.4 is 0 Å². The van der Waals surface area contributed by atoms with Gasteiger partial charge in [-0.15, -0.1) is 0 Å². The summed E-state index contributed by atoms with van der Waals surface area (Å²) in [5.41, 5.74) is 0. The van der Waals surface area contributed by atoms with Crippen molar-refractivity contribution in [2.45, 2.75) is 19.7 Å². The lowest BCUT2D eigenvalue weighted by molar-refractivity contribution is 0.678. The van der Waals surface area contributed by atoms with Crippen LogP contribution >= 0.6 is 15.9 Å². The Morgan fingerprint density at radius 2 is 3.00 bits per heavy atom. The van der Waals surface area contributed by atoms with Crippen molar-refractivity contribution in [3.8, 4) is 0 Å². The molecule has 2 nitrogen and oxygen atoms in total. The number of halogens is 1. The molecule has 0 N–H and O–H groups in total. The number of aromatic nitrogens is 2. The van der Waals surface area contributed by atoms with Crippen molar-refractivity contribution >= 4 is 15.9 Å². The lowest BCUT2D eigenvalue weighted by Gasteiger charge is -1.93. The van der Waals surface area contributed by atoms with Gasteiger partial charge in [0, 0.05) is 22.3 Å². The minimum atomic E-state index is -3.06. The second kappa shape index (κ2) is 3.01. The van der Waals surface area contributed by atoms with E-state index in [4.69, 9.17) is 9.60 Å². The molecule has 0 bridgehead atoms. The molecule has 1 heterocycles. The van der Waals surface area contributed by atoms with Crippen molar-refractivity contribution in [3.63, 3.8) is 0 Å². The van der Waals surface area contributed by atoms with Gasteiger partial charge in [-0.3, -0.25) is 0 Å². The Bertz CT molecular complexity index is 382. The lowest BCUT2D eigenvalue weighted by atomic mass is 10.5. The highest BCUT2D eigenvalue weighted by Crippen LogP contribution is 2.04. The third kappa shape index (κ3) is 1.82. The zero-order valence-corrected chi connectivity index (χ0v) is 6.01. The van der Waals surface area contributed by atoms with Crippen molar-refractivity contribution < 1.29 is 9.60 Å². The maximum absolute atomic E-state index is 7.57. The molecular weight excluding hydrogens is 180 g/mol. The molecule has 9 heavy (non-hydrogen) atoms. The Kier molecular flexibility index (Phi) is 0.699. The van der Waals surface area contributed by atoms with Gasteiger partial charge in [0.05, 0.1) is 6.33 Å². The smallest absolute Gasteiger partial charge is 0.124 e. The van der Waals surface area contributed by atoms with Crippen molar-refractivity contribution in [3.05, 3.63) is 17.1 Å². The molecule has 0 amide bonds. The number of hydrogen-bond acceptors (Lipinski definition) is 1. The number of aryl methyl sites for hydroxylation is 1. The second-order valence-corrected chi connectivity index (χ2v) is 2.15. The summed E-state index contributed by atoms with van der Waals surface area (Å²) in [5.74, 6) is 0. The molecule has 1 aromatic rings. The zero-order chi connectivity index (χ0) is 12.8. The van der Waals surface area contributed by atoms with E-state index in [1.807, 2.05) is 0 Å². The predicted molar refractivity (Wildman–Crippen MR) is 40.2 cm³/mol. The third-order valence-electron chi connectivity index (χ3n) is 0.736. The van der Waals surface area contributed by atoms with Gasteiger partial charge in [-0.1, -0.05) is 6.85 Å². The van der Waals surface area contributed by atoms with Gasteiger partial charge < -0.3 is 4.57 Å². The molecule has 0 spiro atoms. The van der Waals surface area contributed by atoms with Gasteiger partial charge in [-0.05, 0) is 22.3 Å². The average molecular weight is 196 g/mol. The molecule has 0 aromatic carbocycles. The quantitative estimate of drug-likeness (QED) is 0.707. The summed E-state index contributed by atoms with van der Waals surface area (Å²) in [6, 6.07) is 0. The van der Waals surface area contributed by atoms with Gasteiger partial charge in [0.15, 0.2) is 0 Å². The van der Waals surface area contributed by atoms with Crippen molar-refractivity contribution in [2.24, 2.45) is 0 Å². The maximum Gasteiger partial charge on any atom is 0.124 e. The number of hydrogen-bond donors (Lipinski definition) is 0. The fourth-order valence-corrected chi connectivity index (χ4v) is 0.737. The second-order valence-electron chi connectivity index (χ2n) is 1.34. The molecule has 50 valence electrons. The molecule has 0 fully saturated rings. The van der Waals surface area contributed by atoms with Gasteiger partial charge in [0.2, 0.25) is 0 Å². The lowest BCUT2D eigenvalue weighted by Crippen LogP contribution is -1.90. The van der Waals surface area contributed by atoms with Crippen LogP contribution in [0.1, 0.15) is 22.8 Å². The fraction of sp³-hybridized carbons (Fsp3) is 0.500. The standard InChI is InChI=1S/C6H9BrN2/c1-2-3-9-4-6(7)8-5-9/h4-5H,2-3H2,1H3/i1D3,2D2,3D2. The van der Waals surface area contributed by atoms with E-state index in [-0.39, 0.29) is 0 Å². The van der Waals surface area contributed by atoms with Gasteiger partial charge in [0.25, 0.3) is 0 Å². The Morgan fingerprint density at radius 3 is 3.56 bits per heavy atom. The van der Waals surface area contributed by atoms with E-state index in [0.29, 0.717) is 4.60 Å². The van der Waals surface area contributed by atoms with Crippen LogP contribution in [0.4, 0.5) is 0 Å². The summed E-state index contributed by atoms with van der Waals surface area (Å²) in [4.78, 5) is 3.67. The minimum absolute atomic E-state index is 0.303. The first-order valence-electron chi connectivity index (χ1n) is 5.70. The fourth-order valence-electron chi connectivity index (χ4n) is 0.424. The Labute approximate surface area is 72.9 Å². The molecule has 0 aliphatic heterocycles. The molecule has 1 aromatic heterocycles. The molecule has 0 unspecified atom stereocenters. The molecule has 0 atom stereocenters. The van der Waals surface area contributed by atoms with Crippen LogP contribution in [0.3, 0.4) is 0 Å². The van der Waals surface area contributed by atoms with E-state index in [1.54, 1.807) is 0 Å². The molecule has 3 heteroatoms. The van der Waals surface area contributed by atoms with Crippen LogP contribution in [0.15, 0.2) is 17.1 Å². The summed E-state index contributed by atoms with van der Waals surface area (Å²) < 4.78 is 52.1. The monoisotopic (exact) mass is 195 g/mol. The number of imidazole rings is 1. The first-order valence-corrected chi connectivity index (χ1v) is 2.99. The largest absolute Gasteiger partial charge is 0.336 e. The molecule has 0 saturated carbocycles. The van der Waals surface area contributed by atoms with E-state index < -0.39 is 19.7 Å². The molecular formula is C6H9BrN2. The van der Waals surface area contributed by atoms with Crippen LogP contribution in [0.5, 0.6) is 0 Å². The first-order chi connectivity index (χ1) is 7.00. The first kappa shape index (κ1) is 2.09. The van der Waals surface area contributed by atoms with Crippen LogP contribution in [-0.4, -0.2) is 9.55 Å². The number of rotatable bonds is 2. The van der Waals surface area contributed by atoms with E-state index in [2.05, 4.69) is 20.9 Å². The minimum Gasteiger partial charge on any atom is -0.336 e. The highest BCUT2D eigenvalue weighted by Gasteiger charge is 1.90. The van der Waals surface area contributed by atoms with Gasteiger partial charge in [-0.2, -0.15) is 0 Å². The van der Waals surface area contributed by atoms with E-state index >= 15 is 0 Å². The molecule has 0 radical (unpaired) electrons. The van der Waals surface area contributed by atoms with Crippen LogP contribution in [0.2, 0.25) is 0 Å².